The number of rotatable bonds is 4. The molecule has 4 rings (SSSR count). The van der Waals surface area contributed by atoms with Crippen LogP contribution >= 0.6 is 22.6 Å². The zero-order chi connectivity index (χ0) is 22.6. The van der Waals surface area contributed by atoms with Crippen molar-refractivity contribution in [2.24, 2.45) is 24.1 Å². The summed E-state index contributed by atoms with van der Waals surface area (Å²) >= 11 is 2.04. The Morgan fingerprint density at radius 1 is 1.42 bits per heavy atom. The third-order valence-corrected chi connectivity index (χ3v) is 7.63. The molecule has 170 valence electrons. The molecule has 2 saturated heterocycles. The molecule has 0 aromatic carbocycles. The molecule has 0 radical (unpaired) electrons. The first-order valence-corrected chi connectivity index (χ1v) is 11.6. The number of amides is 1. The maximum absolute atomic E-state index is 12.8. The van der Waals surface area contributed by atoms with E-state index in [0.29, 0.717) is 33.7 Å². The number of ether oxygens (including phenoxy) is 2. The number of nitrogens with zero attached hydrogens (tertiary/aromatic N) is 4. The Kier molecular flexibility index (Phi) is 5.69. The molecule has 2 aliphatic rings. The van der Waals surface area contributed by atoms with E-state index in [-0.39, 0.29) is 23.0 Å². The van der Waals surface area contributed by atoms with E-state index in [9.17, 15) is 9.59 Å². The first-order chi connectivity index (χ1) is 14.5. The van der Waals surface area contributed by atoms with Crippen LogP contribution in [0, 0.1) is 15.0 Å². The van der Waals surface area contributed by atoms with E-state index in [1.807, 2.05) is 36.4 Å². The minimum atomic E-state index is -0.753. The van der Waals surface area contributed by atoms with Gasteiger partial charge in [0.1, 0.15) is 14.7 Å². The molecular formula is C20H29IN6O4. The SMILES string of the molecule is C[C@@H]1OCC2(CCN(c3nc4[nH]nc(I)c4c(=O)n3C)CC2)[C@@H]1CC(C)(C)OC(N)=O. The van der Waals surface area contributed by atoms with E-state index in [2.05, 4.69) is 27.0 Å². The maximum Gasteiger partial charge on any atom is 0.405 e. The van der Waals surface area contributed by atoms with Crippen LogP contribution in [-0.2, 0) is 16.5 Å². The van der Waals surface area contributed by atoms with Crippen LogP contribution in [-0.4, -0.2) is 57.2 Å². The summed E-state index contributed by atoms with van der Waals surface area (Å²) < 4.78 is 13.7. The number of aromatic amines is 1. The van der Waals surface area contributed by atoms with Crippen molar-refractivity contribution in [3.8, 4) is 0 Å². The third-order valence-electron chi connectivity index (χ3n) is 6.85. The second-order valence-corrected chi connectivity index (χ2v) is 10.4. The smallest absolute Gasteiger partial charge is 0.405 e. The molecule has 0 saturated carbocycles. The number of carbonyl (C=O) groups is 1. The third kappa shape index (κ3) is 4.01. The van der Waals surface area contributed by atoms with Crippen molar-refractivity contribution >= 4 is 45.7 Å². The summed E-state index contributed by atoms with van der Waals surface area (Å²) in [5.74, 6) is 0.894. The highest BCUT2D eigenvalue weighted by atomic mass is 127. The predicted molar refractivity (Wildman–Crippen MR) is 124 cm³/mol. The van der Waals surface area contributed by atoms with Crippen molar-refractivity contribution in [3.05, 3.63) is 14.1 Å². The summed E-state index contributed by atoms with van der Waals surface area (Å²) in [6.45, 7) is 8.09. The highest BCUT2D eigenvalue weighted by Gasteiger charge is 2.51. The minimum absolute atomic E-state index is 0.000522. The second kappa shape index (κ2) is 7.91. The lowest BCUT2D eigenvalue weighted by atomic mass is 9.66. The van der Waals surface area contributed by atoms with E-state index in [4.69, 9.17) is 15.2 Å². The largest absolute Gasteiger partial charge is 0.444 e. The summed E-state index contributed by atoms with van der Waals surface area (Å²) in [6, 6.07) is 0. The molecule has 0 unspecified atom stereocenters. The number of piperidine rings is 1. The lowest BCUT2D eigenvalue weighted by molar-refractivity contribution is 0.000169. The normalized spacial score (nSPS) is 23.6. The Morgan fingerprint density at radius 2 is 2.10 bits per heavy atom. The average Bonchev–Trinajstić information content (AvgIpc) is 3.20. The first kappa shape index (κ1) is 22.3. The molecule has 4 heterocycles. The average molecular weight is 544 g/mol. The van der Waals surface area contributed by atoms with Gasteiger partial charge in [-0.3, -0.25) is 14.5 Å². The number of anilines is 1. The molecular weight excluding hydrogens is 515 g/mol. The van der Waals surface area contributed by atoms with E-state index < -0.39 is 11.7 Å². The number of halogens is 1. The molecule has 3 N–H and O–H groups in total. The van der Waals surface area contributed by atoms with Gasteiger partial charge in [0.15, 0.2) is 5.65 Å². The standard InChI is InChI=1S/C20H29IN6O4/c1-11-12(9-19(2,3)31-17(22)29)20(10-30-11)5-7-27(8-6-20)18-23-15-13(14(21)24-25-15)16(28)26(18)4/h11-12H,5-10H2,1-4H3,(H2,22,29)(H,24,25)/t11-,12+/m0/s1. The summed E-state index contributed by atoms with van der Waals surface area (Å²) in [6.07, 6.45) is 1.82. The van der Waals surface area contributed by atoms with Gasteiger partial charge in [-0.1, -0.05) is 0 Å². The molecule has 31 heavy (non-hydrogen) atoms. The van der Waals surface area contributed by atoms with E-state index in [0.717, 1.165) is 25.9 Å². The predicted octanol–water partition coefficient (Wildman–Crippen LogP) is 2.15. The first-order valence-electron chi connectivity index (χ1n) is 10.5. The summed E-state index contributed by atoms with van der Waals surface area (Å²) in [5.41, 5.74) is 5.03. The van der Waals surface area contributed by atoms with Crippen LogP contribution in [0.4, 0.5) is 10.7 Å². The molecule has 10 nitrogen and oxygen atoms in total. The van der Waals surface area contributed by atoms with Crippen molar-refractivity contribution in [3.63, 3.8) is 0 Å². The number of nitrogens with one attached hydrogen (secondary N) is 1. The fourth-order valence-electron chi connectivity index (χ4n) is 5.21. The minimum Gasteiger partial charge on any atom is -0.444 e. The van der Waals surface area contributed by atoms with Gasteiger partial charge < -0.3 is 20.1 Å². The van der Waals surface area contributed by atoms with Gasteiger partial charge in [-0.05, 0) is 68.5 Å². The van der Waals surface area contributed by atoms with Crippen LogP contribution in [0.25, 0.3) is 11.0 Å². The van der Waals surface area contributed by atoms with Crippen molar-refractivity contribution < 1.29 is 14.3 Å². The number of fused-ring (bicyclic) bond motifs is 1. The van der Waals surface area contributed by atoms with Crippen LogP contribution < -0.4 is 16.2 Å². The molecule has 1 amide bonds. The van der Waals surface area contributed by atoms with Gasteiger partial charge in [0.25, 0.3) is 5.56 Å². The molecule has 11 heteroatoms. The number of H-pyrrole nitrogens is 1. The Balaban J connectivity index is 1.55. The van der Waals surface area contributed by atoms with Gasteiger partial charge >= 0.3 is 6.09 Å². The Bertz CT molecular complexity index is 1060. The fourth-order valence-corrected chi connectivity index (χ4v) is 5.82. The van der Waals surface area contributed by atoms with Crippen molar-refractivity contribution in [2.45, 2.75) is 51.7 Å². The highest BCUT2D eigenvalue weighted by molar-refractivity contribution is 14.1. The zero-order valence-corrected chi connectivity index (χ0v) is 20.4. The van der Waals surface area contributed by atoms with E-state index in [1.165, 1.54) is 0 Å². The molecule has 2 fully saturated rings. The van der Waals surface area contributed by atoms with Gasteiger partial charge in [-0.2, -0.15) is 10.1 Å². The van der Waals surface area contributed by atoms with E-state index >= 15 is 0 Å². The fraction of sp³-hybridized carbons (Fsp3) is 0.700. The molecule has 2 atom stereocenters. The van der Waals surface area contributed by atoms with Gasteiger partial charge in [0.2, 0.25) is 5.95 Å². The summed E-state index contributed by atoms with van der Waals surface area (Å²) in [4.78, 5) is 31.0. The van der Waals surface area contributed by atoms with Gasteiger partial charge in [0.05, 0.1) is 12.7 Å². The van der Waals surface area contributed by atoms with Gasteiger partial charge in [-0.15, -0.1) is 0 Å². The van der Waals surface area contributed by atoms with Crippen LogP contribution in [0.1, 0.15) is 40.0 Å². The molecule has 0 bridgehead atoms. The number of aromatic nitrogens is 4. The van der Waals surface area contributed by atoms with Crippen molar-refractivity contribution in [1.82, 2.24) is 19.7 Å². The number of hydrogen-bond donors (Lipinski definition) is 2. The topological polar surface area (TPSA) is 128 Å². The molecule has 1 spiro atoms. The quantitative estimate of drug-likeness (QED) is 0.565. The van der Waals surface area contributed by atoms with Crippen LogP contribution in [0.5, 0.6) is 0 Å². The van der Waals surface area contributed by atoms with Gasteiger partial charge in [0, 0.05) is 25.6 Å². The van der Waals surface area contributed by atoms with Crippen LogP contribution in [0.3, 0.4) is 0 Å². The molecule has 2 aromatic heterocycles. The Labute approximate surface area is 194 Å². The van der Waals surface area contributed by atoms with E-state index in [1.54, 1.807) is 11.6 Å². The lowest BCUT2D eigenvalue weighted by Crippen LogP contribution is -2.48. The van der Waals surface area contributed by atoms with Gasteiger partial charge in [-0.25, -0.2) is 4.79 Å². The molecule has 2 aromatic rings. The second-order valence-electron chi connectivity index (χ2n) is 9.37. The molecule has 2 aliphatic heterocycles. The van der Waals surface area contributed by atoms with Crippen molar-refractivity contribution in [2.75, 3.05) is 24.6 Å². The van der Waals surface area contributed by atoms with Crippen LogP contribution in [0.15, 0.2) is 4.79 Å². The summed E-state index contributed by atoms with van der Waals surface area (Å²) in [5, 5.41) is 7.50. The summed E-state index contributed by atoms with van der Waals surface area (Å²) in [7, 11) is 1.75. The van der Waals surface area contributed by atoms with Crippen molar-refractivity contribution in [1.29, 1.82) is 0 Å². The zero-order valence-electron chi connectivity index (χ0n) is 18.3. The van der Waals surface area contributed by atoms with Crippen LogP contribution in [0.2, 0.25) is 0 Å². The number of nitrogens with two attached hydrogens (primary N) is 1. The monoisotopic (exact) mass is 544 g/mol. The Morgan fingerprint density at radius 3 is 2.74 bits per heavy atom. The maximum atomic E-state index is 12.8. The lowest BCUT2D eigenvalue weighted by Gasteiger charge is -2.44. The molecule has 0 aliphatic carbocycles. The Hall–Kier alpha value is -1.89. The highest BCUT2D eigenvalue weighted by Crippen LogP contribution is 2.50. The number of carbonyl (C=O) groups excluding carboxylic acids is 1. The number of primary amides is 1. The number of hydrogen-bond acceptors (Lipinski definition) is 7.